The number of nitrogens with zero attached hydrogens (tertiary/aromatic N) is 6. The van der Waals surface area contributed by atoms with Crippen LogP contribution < -0.4 is 5.32 Å². The highest BCUT2D eigenvalue weighted by Gasteiger charge is 2.28. The molecule has 11 heteroatoms. The number of imidazole rings is 1. The van der Waals surface area contributed by atoms with Gasteiger partial charge in [-0.1, -0.05) is 44.1 Å². The summed E-state index contributed by atoms with van der Waals surface area (Å²) in [6, 6.07) is 8.70. The van der Waals surface area contributed by atoms with Gasteiger partial charge in [0.15, 0.2) is 11.5 Å². The highest BCUT2D eigenvalue weighted by molar-refractivity contribution is 5.92. The molecule has 222 valence electrons. The van der Waals surface area contributed by atoms with Gasteiger partial charge in [-0.3, -0.25) is 9.48 Å². The lowest BCUT2D eigenvalue weighted by Crippen LogP contribution is -2.31. The van der Waals surface area contributed by atoms with Crippen molar-refractivity contribution in [1.29, 1.82) is 0 Å². The lowest BCUT2D eigenvalue weighted by atomic mass is 9.85. The first-order valence-corrected chi connectivity index (χ1v) is 15.0. The SMILES string of the molecule is Cc1nn(C2CCOCC2)cc1-c1nc2nccc(-c3ccc4c(c3)CCCC4NC(=O)c3nc(C(C)(C)C)no3)c2[nH]1. The predicted octanol–water partition coefficient (Wildman–Crippen LogP) is 5.64. The van der Waals surface area contributed by atoms with Crippen LogP contribution in [0.2, 0.25) is 0 Å². The van der Waals surface area contributed by atoms with Gasteiger partial charge in [0.1, 0.15) is 5.82 Å². The molecule has 1 aliphatic heterocycles. The maximum atomic E-state index is 13.0. The van der Waals surface area contributed by atoms with E-state index < -0.39 is 0 Å². The number of rotatable bonds is 5. The van der Waals surface area contributed by atoms with Gasteiger partial charge in [0.25, 0.3) is 0 Å². The van der Waals surface area contributed by atoms with E-state index in [1.54, 1.807) is 6.20 Å². The van der Waals surface area contributed by atoms with E-state index in [9.17, 15) is 4.79 Å². The maximum absolute atomic E-state index is 13.0. The number of carbonyl (C=O) groups is 1. The van der Waals surface area contributed by atoms with Gasteiger partial charge in [0, 0.05) is 36.6 Å². The molecule has 0 radical (unpaired) electrons. The van der Waals surface area contributed by atoms with Crippen molar-refractivity contribution < 1.29 is 14.1 Å². The molecule has 1 unspecified atom stereocenters. The van der Waals surface area contributed by atoms with Crippen LogP contribution in [0.1, 0.15) is 91.9 Å². The summed E-state index contributed by atoms with van der Waals surface area (Å²) < 4.78 is 12.9. The van der Waals surface area contributed by atoms with Crippen LogP contribution in [-0.2, 0) is 16.6 Å². The second kappa shape index (κ2) is 10.7. The molecule has 5 heterocycles. The molecule has 2 N–H and O–H groups in total. The minimum absolute atomic E-state index is 0.00330. The van der Waals surface area contributed by atoms with Crippen LogP contribution in [0.25, 0.3) is 33.7 Å². The van der Waals surface area contributed by atoms with Gasteiger partial charge in [-0.25, -0.2) is 9.97 Å². The summed E-state index contributed by atoms with van der Waals surface area (Å²) in [6.45, 7) is 9.51. The number of pyridine rings is 1. The van der Waals surface area contributed by atoms with Crippen molar-refractivity contribution in [3.63, 3.8) is 0 Å². The molecule has 0 bridgehead atoms. The summed E-state index contributed by atoms with van der Waals surface area (Å²) >= 11 is 0. The lowest BCUT2D eigenvalue weighted by molar-refractivity contribution is 0.0662. The third kappa shape index (κ3) is 5.22. The first-order chi connectivity index (χ1) is 20.7. The number of carbonyl (C=O) groups excluding carboxylic acids is 1. The summed E-state index contributed by atoms with van der Waals surface area (Å²) in [6.07, 6.45) is 8.58. The number of aryl methyl sites for hydroxylation is 2. The van der Waals surface area contributed by atoms with Gasteiger partial charge in [-0.05, 0) is 61.8 Å². The van der Waals surface area contributed by atoms with Gasteiger partial charge >= 0.3 is 11.8 Å². The molecule has 4 aromatic heterocycles. The smallest absolute Gasteiger partial charge is 0.315 e. The fourth-order valence-electron chi connectivity index (χ4n) is 6.10. The van der Waals surface area contributed by atoms with Gasteiger partial charge in [0.05, 0.1) is 28.9 Å². The van der Waals surface area contributed by atoms with Crippen molar-refractivity contribution in [2.24, 2.45) is 0 Å². The van der Waals surface area contributed by atoms with E-state index in [2.05, 4.69) is 54.5 Å². The van der Waals surface area contributed by atoms with E-state index >= 15 is 0 Å². The van der Waals surface area contributed by atoms with Crippen LogP contribution in [-0.4, -0.2) is 54.0 Å². The number of aromatic amines is 1. The normalized spacial score (nSPS) is 17.7. The first kappa shape index (κ1) is 27.5. The zero-order valence-electron chi connectivity index (χ0n) is 25.0. The second-order valence-electron chi connectivity index (χ2n) is 12.6. The van der Waals surface area contributed by atoms with Crippen molar-refractivity contribution in [3.05, 3.63) is 65.2 Å². The van der Waals surface area contributed by atoms with Crippen LogP contribution in [0, 0.1) is 6.92 Å². The van der Waals surface area contributed by atoms with Gasteiger partial charge in [0.2, 0.25) is 0 Å². The Morgan fingerprint density at radius 3 is 2.72 bits per heavy atom. The fraction of sp³-hybridized carbons (Fsp3) is 0.438. The van der Waals surface area contributed by atoms with Gasteiger partial charge < -0.3 is 19.6 Å². The highest BCUT2D eigenvalue weighted by atomic mass is 16.5. The van der Waals surface area contributed by atoms with Crippen LogP contribution in [0.3, 0.4) is 0 Å². The quantitative estimate of drug-likeness (QED) is 0.273. The van der Waals surface area contributed by atoms with Crippen molar-refractivity contribution in [1.82, 2.24) is 40.2 Å². The molecular formula is C32H36N8O3. The molecule has 1 atom stereocenters. The number of benzene rings is 1. The topological polar surface area (TPSA) is 137 Å². The standard InChI is InChI=1S/C32H36N8O3/c1-18-24(17-40(38-18)21-11-14-42-15-12-21)27-35-26-23(10-13-33-28(26)36-27)20-8-9-22-19(16-20)6-5-7-25(22)34-29(41)30-37-31(39-43-30)32(2,3)4/h8-10,13,16-17,21,25H,5-7,11-12,14-15H2,1-4H3,(H,34,41)(H,33,35,36). The molecule has 5 aromatic rings. The van der Waals surface area contributed by atoms with Crippen LogP contribution in [0.15, 0.2) is 41.2 Å². The van der Waals surface area contributed by atoms with Crippen LogP contribution in [0.5, 0.6) is 0 Å². The van der Waals surface area contributed by atoms with E-state index in [-0.39, 0.29) is 23.3 Å². The largest absolute Gasteiger partial charge is 0.381 e. The Hall–Kier alpha value is -4.38. The number of hydrogen-bond donors (Lipinski definition) is 2. The predicted molar refractivity (Wildman–Crippen MR) is 161 cm³/mol. The summed E-state index contributed by atoms with van der Waals surface area (Å²) in [5, 5.41) is 11.9. The number of ether oxygens (including phenoxy) is 1. The van der Waals surface area contributed by atoms with Crippen molar-refractivity contribution >= 4 is 17.1 Å². The molecule has 0 spiro atoms. The van der Waals surface area contributed by atoms with Gasteiger partial charge in [-0.2, -0.15) is 10.1 Å². The van der Waals surface area contributed by atoms with Crippen molar-refractivity contribution in [2.75, 3.05) is 13.2 Å². The molecule has 0 saturated carbocycles. The Balaban J connectivity index is 1.16. The summed E-state index contributed by atoms with van der Waals surface area (Å²) in [7, 11) is 0. The molecular weight excluding hydrogens is 544 g/mol. The monoisotopic (exact) mass is 580 g/mol. The maximum Gasteiger partial charge on any atom is 0.315 e. The Kier molecular flexibility index (Phi) is 6.84. The summed E-state index contributed by atoms with van der Waals surface area (Å²) in [4.78, 5) is 30.3. The zero-order chi connectivity index (χ0) is 29.7. The average Bonchev–Trinajstić information content (AvgIpc) is 3.75. The summed E-state index contributed by atoms with van der Waals surface area (Å²) in [5.74, 6) is 0.931. The molecule has 11 nitrogen and oxygen atoms in total. The first-order valence-electron chi connectivity index (χ1n) is 15.0. The van der Waals surface area contributed by atoms with E-state index in [1.165, 1.54) is 5.56 Å². The minimum atomic E-state index is -0.346. The molecule has 1 amide bonds. The number of fused-ring (bicyclic) bond motifs is 2. The number of H-pyrrole nitrogens is 1. The van der Waals surface area contributed by atoms with Crippen LogP contribution in [0.4, 0.5) is 0 Å². The molecule has 2 aliphatic rings. The number of hydrogen-bond acceptors (Lipinski definition) is 8. The van der Waals surface area contributed by atoms with E-state index in [4.69, 9.17) is 19.3 Å². The average molecular weight is 581 g/mol. The third-order valence-electron chi connectivity index (χ3n) is 8.49. The number of amides is 1. The lowest BCUT2D eigenvalue weighted by Gasteiger charge is -2.26. The fourth-order valence-corrected chi connectivity index (χ4v) is 6.10. The van der Waals surface area contributed by atoms with Crippen molar-refractivity contribution in [3.8, 4) is 22.5 Å². The Labute approximate surface area is 249 Å². The number of aromatic nitrogens is 7. The van der Waals surface area contributed by atoms with Crippen LogP contribution >= 0.6 is 0 Å². The molecule has 1 aliphatic carbocycles. The summed E-state index contributed by atoms with van der Waals surface area (Å²) in [5.41, 5.74) is 7.63. The van der Waals surface area contributed by atoms with E-state index in [0.29, 0.717) is 17.5 Å². The Morgan fingerprint density at radius 2 is 1.93 bits per heavy atom. The third-order valence-corrected chi connectivity index (χ3v) is 8.49. The second-order valence-corrected chi connectivity index (χ2v) is 12.6. The zero-order valence-corrected chi connectivity index (χ0v) is 25.0. The van der Waals surface area contributed by atoms with Gasteiger partial charge in [-0.15, -0.1) is 0 Å². The highest BCUT2D eigenvalue weighted by Crippen LogP contribution is 2.36. The minimum Gasteiger partial charge on any atom is -0.381 e. The van der Waals surface area contributed by atoms with Crippen molar-refractivity contribution in [2.45, 2.75) is 77.3 Å². The Bertz CT molecular complexity index is 1800. The molecule has 7 rings (SSSR count). The Morgan fingerprint density at radius 1 is 1.09 bits per heavy atom. The number of nitrogens with one attached hydrogen (secondary N) is 2. The molecule has 1 aromatic carbocycles. The van der Waals surface area contributed by atoms with E-state index in [1.807, 2.05) is 33.8 Å². The molecule has 1 fully saturated rings. The van der Waals surface area contributed by atoms with E-state index in [0.717, 1.165) is 84.6 Å². The molecule has 1 saturated heterocycles. The molecule has 43 heavy (non-hydrogen) atoms.